The molecule has 0 heterocycles. The average molecular weight is 865 g/mol. The number of rotatable bonds is 40. The molecular weight excluding hydrogens is 781 g/mol. The lowest BCUT2D eigenvalue weighted by Crippen LogP contribution is -2.30. The lowest BCUT2D eigenvalue weighted by molar-refractivity contribution is -0.167. The minimum Gasteiger partial charge on any atom is -0.462 e. The van der Waals surface area contributed by atoms with Crippen molar-refractivity contribution in [3.05, 3.63) is 158 Å². The molecule has 0 saturated heterocycles. The number of esters is 3. The first-order chi connectivity index (χ1) is 31.0. The molecule has 0 N–H and O–H groups in total. The van der Waals surface area contributed by atoms with Crippen LogP contribution in [-0.2, 0) is 28.6 Å². The summed E-state index contributed by atoms with van der Waals surface area (Å²) in [6.45, 7) is 6.12. The number of allylic oxidation sites excluding steroid dienone is 26. The first kappa shape index (κ1) is 58.0. The monoisotopic (exact) mass is 865 g/mol. The zero-order valence-electron chi connectivity index (χ0n) is 39.5. The Hall–Kier alpha value is -4.97. The maximum absolute atomic E-state index is 12.8. The van der Waals surface area contributed by atoms with E-state index in [1.807, 2.05) is 60.8 Å². The first-order valence-corrected chi connectivity index (χ1v) is 24.1. The number of unbranched alkanes of at least 4 members (excludes halogenated alkanes) is 8. The molecule has 1 unspecified atom stereocenters. The first-order valence-electron chi connectivity index (χ1n) is 24.1. The number of carbonyl (C=O) groups is 3. The van der Waals surface area contributed by atoms with Crippen LogP contribution in [0, 0.1) is 0 Å². The second-order valence-electron chi connectivity index (χ2n) is 15.0. The van der Waals surface area contributed by atoms with E-state index in [4.69, 9.17) is 14.2 Å². The molecule has 0 aliphatic carbocycles. The van der Waals surface area contributed by atoms with Crippen molar-refractivity contribution in [1.82, 2.24) is 0 Å². The van der Waals surface area contributed by atoms with Crippen molar-refractivity contribution in [2.24, 2.45) is 0 Å². The molecule has 0 saturated carbocycles. The lowest BCUT2D eigenvalue weighted by atomic mass is 10.1. The fourth-order valence-electron chi connectivity index (χ4n) is 5.65. The molecule has 1 atom stereocenters. The molecule has 0 bridgehead atoms. The topological polar surface area (TPSA) is 78.9 Å². The third kappa shape index (κ3) is 47.9. The minimum atomic E-state index is -0.836. The van der Waals surface area contributed by atoms with Crippen LogP contribution in [0.1, 0.15) is 162 Å². The maximum Gasteiger partial charge on any atom is 0.306 e. The average Bonchev–Trinajstić information content (AvgIpc) is 3.28. The zero-order valence-corrected chi connectivity index (χ0v) is 39.5. The summed E-state index contributed by atoms with van der Waals surface area (Å²) < 4.78 is 16.7. The van der Waals surface area contributed by atoms with Gasteiger partial charge in [-0.2, -0.15) is 0 Å². The Morgan fingerprint density at radius 2 is 0.651 bits per heavy atom. The summed E-state index contributed by atoms with van der Waals surface area (Å²) in [6.07, 6.45) is 72.2. The third-order valence-electron chi connectivity index (χ3n) is 9.17. The van der Waals surface area contributed by atoms with Gasteiger partial charge in [-0.05, 0) is 109 Å². The molecule has 0 aromatic heterocycles. The van der Waals surface area contributed by atoms with Gasteiger partial charge < -0.3 is 14.2 Å². The van der Waals surface area contributed by atoms with Gasteiger partial charge in [0.25, 0.3) is 0 Å². The molecule has 6 nitrogen and oxygen atoms in total. The Kier molecular flexibility index (Phi) is 45.8. The van der Waals surface area contributed by atoms with Gasteiger partial charge in [0, 0.05) is 19.3 Å². The van der Waals surface area contributed by atoms with Crippen LogP contribution in [-0.4, -0.2) is 37.2 Å². The molecule has 0 aliphatic heterocycles. The van der Waals surface area contributed by atoms with E-state index >= 15 is 0 Å². The van der Waals surface area contributed by atoms with Crippen LogP contribution in [0.2, 0.25) is 0 Å². The van der Waals surface area contributed by atoms with Gasteiger partial charge in [-0.25, -0.2) is 0 Å². The van der Waals surface area contributed by atoms with Crippen molar-refractivity contribution in [3.8, 4) is 0 Å². The van der Waals surface area contributed by atoms with Gasteiger partial charge in [-0.15, -0.1) is 0 Å². The fourth-order valence-corrected chi connectivity index (χ4v) is 5.65. The van der Waals surface area contributed by atoms with Crippen molar-refractivity contribution in [3.63, 3.8) is 0 Å². The number of carbonyl (C=O) groups excluding carboxylic acids is 3. The Morgan fingerprint density at radius 3 is 1.08 bits per heavy atom. The molecule has 63 heavy (non-hydrogen) atoms. The molecule has 0 fully saturated rings. The maximum atomic E-state index is 12.8. The summed E-state index contributed by atoms with van der Waals surface area (Å²) in [5.74, 6) is -1.06. The summed E-state index contributed by atoms with van der Waals surface area (Å²) in [7, 11) is 0. The number of hydrogen-bond acceptors (Lipinski definition) is 6. The smallest absolute Gasteiger partial charge is 0.306 e. The van der Waals surface area contributed by atoms with E-state index in [9.17, 15) is 14.4 Å². The van der Waals surface area contributed by atoms with E-state index < -0.39 is 6.10 Å². The Morgan fingerprint density at radius 1 is 0.333 bits per heavy atom. The summed E-state index contributed by atoms with van der Waals surface area (Å²) in [6, 6.07) is 0. The lowest BCUT2D eigenvalue weighted by Gasteiger charge is -2.18. The highest BCUT2D eigenvalue weighted by molar-refractivity contribution is 5.71. The van der Waals surface area contributed by atoms with E-state index in [0.717, 1.165) is 103 Å². The second kappa shape index (κ2) is 49.7. The Bertz CT molecular complexity index is 1510. The van der Waals surface area contributed by atoms with E-state index in [0.29, 0.717) is 19.3 Å². The van der Waals surface area contributed by atoms with Crippen LogP contribution < -0.4 is 0 Å². The van der Waals surface area contributed by atoms with Crippen molar-refractivity contribution in [1.29, 1.82) is 0 Å². The molecule has 0 radical (unpaired) electrons. The van der Waals surface area contributed by atoms with E-state index in [2.05, 4.69) is 118 Å². The zero-order chi connectivity index (χ0) is 45.8. The molecule has 0 aromatic rings. The van der Waals surface area contributed by atoms with E-state index in [1.165, 1.54) is 0 Å². The molecule has 0 aliphatic rings. The highest BCUT2D eigenvalue weighted by atomic mass is 16.6. The largest absolute Gasteiger partial charge is 0.462 e. The normalized spacial score (nSPS) is 13.5. The van der Waals surface area contributed by atoms with Gasteiger partial charge in [0.05, 0.1) is 0 Å². The summed E-state index contributed by atoms with van der Waals surface area (Å²) >= 11 is 0. The van der Waals surface area contributed by atoms with Gasteiger partial charge in [0.15, 0.2) is 6.10 Å². The van der Waals surface area contributed by atoms with E-state index in [1.54, 1.807) is 0 Å². The predicted octanol–water partition coefficient (Wildman–Crippen LogP) is 15.9. The molecular formula is C57H84O6. The van der Waals surface area contributed by atoms with Gasteiger partial charge in [0.1, 0.15) is 13.2 Å². The summed E-state index contributed by atoms with van der Waals surface area (Å²) in [5, 5.41) is 0. The summed E-state index contributed by atoms with van der Waals surface area (Å²) in [4.78, 5) is 37.9. The molecule has 0 aromatic carbocycles. The number of hydrogen-bond donors (Lipinski definition) is 0. The van der Waals surface area contributed by atoms with Crippen molar-refractivity contribution in [2.45, 2.75) is 168 Å². The number of ether oxygens (including phenoxy) is 3. The molecule has 0 spiro atoms. The predicted molar refractivity (Wildman–Crippen MR) is 269 cm³/mol. The fraction of sp³-hybridized carbons (Fsp3) is 0.491. The van der Waals surface area contributed by atoms with Crippen LogP contribution in [0.25, 0.3) is 0 Å². The quantitative estimate of drug-likeness (QED) is 0.0201. The van der Waals surface area contributed by atoms with Gasteiger partial charge in [0.2, 0.25) is 0 Å². The van der Waals surface area contributed by atoms with E-state index in [-0.39, 0.29) is 50.4 Å². The molecule has 0 rings (SSSR count). The van der Waals surface area contributed by atoms with Crippen LogP contribution >= 0.6 is 0 Å². The Labute approximate surface area is 384 Å². The SMILES string of the molecule is CC\C=C/C=C\C=C/C=C\C=C\C=C/CCCCCC(=O)OCC(COC(=O)CCCC/C=C\C/C=C\C/C=C\CC)OC(=O)CCCCC/C=C\C/C=C\C/C=C\C/C=C\CC. The standard InChI is InChI=1S/C57H84O6/c1-4-7-10-13-16-19-22-25-27-29-31-32-35-38-41-44-47-50-56(59)62-53-54(52-61-55(58)49-46-43-40-37-34-24-21-18-15-12-9-6-3)63-57(60)51-48-45-42-39-36-33-30-28-26-23-20-17-14-11-8-5-2/h7-13,16-22,25-29,31-37,54H,4-6,14-15,23-24,30,38-53H2,1-3H3/b10-7-,11-8-,12-9-,16-13-,20-17-,21-18-,22-19-,27-25-,28-26-,31-29+,35-32-,36-33-,37-34-. The second-order valence-corrected chi connectivity index (χ2v) is 15.0. The third-order valence-corrected chi connectivity index (χ3v) is 9.17. The molecule has 348 valence electrons. The highest BCUT2D eigenvalue weighted by Gasteiger charge is 2.19. The molecule has 0 amide bonds. The van der Waals surface area contributed by atoms with Crippen molar-refractivity contribution in [2.75, 3.05) is 13.2 Å². The van der Waals surface area contributed by atoms with Gasteiger partial charge >= 0.3 is 17.9 Å². The summed E-state index contributed by atoms with van der Waals surface area (Å²) in [5.41, 5.74) is 0. The minimum absolute atomic E-state index is 0.134. The van der Waals surface area contributed by atoms with Crippen molar-refractivity contribution < 1.29 is 28.6 Å². The van der Waals surface area contributed by atoms with Gasteiger partial charge in [-0.1, -0.05) is 192 Å². The van der Waals surface area contributed by atoms with Crippen LogP contribution in [0.15, 0.2) is 158 Å². The van der Waals surface area contributed by atoms with Crippen LogP contribution in [0.4, 0.5) is 0 Å². The molecule has 6 heteroatoms. The van der Waals surface area contributed by atoms with Crippen molar-refractivity contribution >= 4 is 17.9 Å². The van der Waals surface area contributed by atoms with Gasteiger partial charge in [-0.3, -0.25) is 14.4 Å². The van der Waals surface area contributed by atoms with Crippen LogP contribution in [0.3, 0.4) is 0 Å². The highest BCUT2D eigenvalue weighted by Crippen LogP contribution is 2.10. The van der Waals surface area contributed by atoms with Crippen LogP contribution in [0.5, 0.6) is 0 Å². The Balaban J connectivity index is 4.63.